The zero-order valence-electron chi connectivity index (χ0n) is 10.4. The molecule has 19 heavy (non-hydrogen) atoms. The van der Waals surface area contributed by atoms with Crippen LogP contribution >= 0.6 is 0 Å². The first kappa shape index (κ1) is 13.1. The molecule has 0 fully saturated rings. The number of aromatic nitrogens is 2. The van der Waals surface area contributed by atoms with Gasteiger partial charge in [-0.2, -0.15) is 0 Å². The summed E-state index contributed by atoms with van der Waals surface area (Å²) in [6, 6.07) is 3.64. The first-order valence-electron chi connectivity index (χ1n) is 5.88. The molecule has 1 aromatic carbocycles. The number of benzene rings is 1. The van der Waals surface area contributed by atoms with Crippen LogP contribution in [0.5, 0.6) is 0 Å². The van der Waals surface area contributed by atoms with Gasteiger partial charge in [0.05, 0.1) is 17.8 Å². The fraction of sp³-hybridized carbons (Fsp3) is 0.231. The molecular weight excluding hydrogens is 249 g/mol. The SMILES string of the molecule is CCn1ccnc1CNc1cc(C(=O)O)ccc1F. The van der Waals surface area contributed by atoms with Crippen LogP contribution in [0, 0.1) is 5.82 Å². The summed E-state index contributed by atoms with van der Waals surface area (Å²) in [6.45, 7) is 3.09. The van der Waals surface area contributed by atoms with Crippen molar-refractivity contribution in [3.05, 3.63) is 47.8 Å². The number of carboxylic acids is 1. The molecule has 0 aliphatic carbocycles. The van der Waals surface area contributed by atoms with Gasteiger partial charge < -0.3 is 15.0 Å². The zero-order chi connectivity index (χ0) is 13.8. The number of rotatable bonds is 5. The molecule has 2 N–H and O–H groups in total. The predicted molar refractivity (Wildman–Crippen MR) is 68.6 cm³/mol. The minimum atomic E-state index is -1.09. The molecule has 0 unspecified atom stereocenters. The van der Waals surface area contributed by atoms with Gasteiger partial charge in [-0.25, -0.2) is 14.2 Å². The number of hydrogen-bond donors (Lipinski definition) is 2. The largest absolute Gasteiger partial charge is 0.478 e. The Morgan fingerprint density at radius 2 is 2.32 bits per heavy atom. The van der Waals surface area contributed by atoms with E-state index < -0.39 is 11.8 Å². The topological polar surface area (TPSA) is 67.2 Å². The van der Waals surface area contributed by atoms with E-state index in [-0.39, 0.29) is 11.3 Å². The molecule has 100 valence electrons. The van der Waals surface area contributed by atoms with E-state index in [1.807, 2.05) is 17.7 Å². The van der Waals surface area contributed by atoms with Crippen LogP contribution in [-0.4, -0.2) is 20.6 Å². The summed E-state index contributed by atoms with van der Waals surface area (Å²) in [5.74, 6) is -0.805. The third-order valence-electron chi connectivity index (χ3n) is 2.79. The van der Waals surface area contributed by atoms with E-state index in [0.717, 1.165) is 18.4 Å². The Morgan fingerprint density at radius 3 is 3.00 bits per heavy atom. The van der Waals surface area contributed by atoms with Gasteiger partial charge in [-0.15, -0.1) is 0 Å². The van der Waals surface area contributed by atoms with Crippen molar-refractivity contribution >= 4 is 11.7 Å². The van der Waals surface area contributed by atoms with Crippen LogP contribution in [0.25, 0.3) is 0 Å². The van der Waals surface area contributed by atoms with Crippen LogP contribution in [0.15, 0.2) is 30.6 Å². The maximum atomic E-state index is 13.6. The van der Waals surface area contributed by atoms with Crippen molar-refractivity contribution in [1.82, 2.24) is 9.55 Å². The Hall–Kier alpha value is -2.37. The van der Waals surface area contributed by atoms with Gasteiger partial charge in [-0.05, 0) is 25.1 Å². The number of aromatic carboxylic acids is 1. The lowest BCUT2D eigenvalue weighted by Gasteiger charge is -2.09. The summed E-state index contributed by atoms with van der Waals surface area (Å²) in [5.41, 5.74) is 0.202. The summed E-state index contributed by atoms with van der Waals surface area (Å²) in [6.07, 6.45) is 3.51. The highest BCUT2D eigenvalue weighted by Gasteiger charge is 2.09. The van der Waals surface area contributed by atoms with E-state index in [1.54, 1.807) is 6.20 Å². The summed E-state index contributed by atoms with van der Waals surface area (Å²) < 4.78 is 15.5. The van der Waals surface area contributed by atoms with Gasteiger partial charge in [0.2, 0.25) is 0 Å². The van der Waals surface area contributed by atoms with Crippen molar-refractivity contribution in [2.24, 2.45) is 0 Å². The molecule has 1 aromatic heterocycles. The van der Waals surface area contributed by atoms with E-state index >= 15 is 0 Å². The Kier molecular flexibility index (Phi) is 3.79. The molecule has 5 nitrogen and oxygen atoms in total. The van der Waals surface area contributed by atoms with Crippen molar-refractivity contribution in [3.63, 3.8) is 0 Å². The fourth-order valence-corrected chi connectivity index (χ4v) is 1.76. The zero-order valence-corrected chi connectivity index (χ0v) is 10.4. The number of halogens is 1. The highest BCUT2D eigenvalue weighted by molar-refractivity contribution is 5.88. The third kappa shape index (κ3) is 2.90. The number of nitrogens with zero attached hydrogens (tertiary/aromatic N) is 2. The maximum Gasteiger partial charge on any atom is 0.335 e. The number of aryl methyl sites for hydroxylation is 1. The van der Waals surface area contributed by atoms with Crippen molar-refractivity contribution in [3.8, 4) is 0 Å². The molecule has 2 aromatic rings. The number of carbonyl (C=O) groups is 1. The van der Waals surface area contributed by atoms with E-state index in [0.29, 0.717) is 6.54 Å². The smallest absolute Gasteiger partial charge is 0.335 e. The monoisotopic (exact) mass is 263 g/mol. The molecule has 0 radical (unpaired) electrons. The van der Waals surface area contributed by atoms with Crippen LogP contribution in [0.3, 0.4) is 0 Å². The predicted octanol–water partition coefficient (Wildman–Crippen LogP) is 2.35. The van der Waals surface area contributed by atoms with Gasteiger partial charge in [-0.1, -0.05) is 0 Å². The second-order valence-electron chi connectivity index (χ2n) is 3.98. The Balaban J connectivity index is 2.15. The van der Waals surface area contributed by atoms with Crippen LogP contribution in [0.2, 0.25) is 0 Å². The summed E-state index contributed by atoms with van der Waals surface area (Å²) in [7, 11) is 0. The number of anilines is 1. The van der Waals surface area contributed by atoms with Gasteiger partial charge >= 0.3 is 5.97 Å². The third-order valence-corrected chi connectivity index (χ3v) is 2.79. The number of carboxylic acid groups (broad SMARTS) is 1. The summed E-state index contributed by atoms with van der Waals surface area (Å²) in [5, 5.41) is 11.7. The van der Waals surface area contributed by atoms with Gasteiger partial charge in [0.15, 0.2) is 0 Å². The second kappa shape index (κ2) is 5.51. The molecule has 2 rings (SSSR count). The summed E-state index contributed by atoms with van der Waals surface area (Å²) in [4.78, 5) is 15.0. The van der Waals surface area contributed by atoms with E-state index in [2.05, 4.69) is 10.3 Å². The number of imidazole rings is 1. The highest BCUT2D eigenvalue weighted by atomic mass is 19.1. The van der Waals surface area contributed by atoms with Crippen molar-refractivity contribution < 1.29 is 14.3 Å². The average molecular weight is 263 g/mol. The van der Waals surface area contributed by atoms with E-state index in [1.165, 1.54) is 12.1 Å². The molecule has 0 atom stereocenters. The number of hydrogen-bond acceptors (Lipinski definition) is 3. The van der Waals surface area contributed by atoms with Crippen LogP contribution in [-0.2, 0) is 13.1 Å². The molecule has 0 bridgehead atoms. The molecule has 6 heteroatoms. The average Bonchev–Trinajstić information content (AvgIpc) is 2.85. The molecule has 0 spiro atoms. The standard InChI is InChI=1S/C13H14FN3O2/c1-2-17-6-5-15-12(17)8-16-11-7-9(13(18)19)3-4-10(11)14/h3-7,16H,2,8H2,1H3,(H,18,19). The lowest BCUT2D eigenvalue weighted by Crippen LogP contribution is -2.09. The highest BCUT2D eigenvalue weighted by Crippen LogP contribution is 2.17. The molecule has 0 aliphatic heterocycles. The van der Waals surface area contributed by atoms with Crippen molar-refractivity contribution in [1.29, 1.82) is 0 Å². The van der Waals surface area contributed by atoms with E-state index in [9.17, 15) is 9.18 Å². The molecule has 0 aliphatic rings. The van der Waals surface area contributed by atoms with E-state index in [4.69, 9.17) is 5.11 Å². The first-order valence-corrected chi connectivity index (χ1v) is 5.88. The first-order chi connectivity index (χ1) is 9.11. The number of nitrogens with one attached hydrogen (secondary N) is 1. The minimum Gasteiger partial charge on any atom is -0.478 e. The van der Waals surface area contributed by atoms with Gasteiger partial charge in [-0.3, -0.25) is 0 Å². The lowest BCUT2D eigenvalue weighted by molar-refractivity contribution is 0.0697. The van der Waals surface area contributed by atoms with Crippen molar-refractivity contribution in [2.45, 2.75) is 20.0 Å². The Labute approximate surface area is 109 Å². The quantitative estimate of drug-likeness (QED) is 0.869. The second-order valence-corrected chi connectivity index (χ2v) is 3.98. The molecular formula is C13H14FN3O2. The van der Waals surface area contributed by atoms with Crippen LogP contribution in [0.4, 0.5) is 10.1 Å². The Morgan fingerprint density at radius 1 is 1.53 bits per heavy atom. The van der Waals surface area contributed by atoms with Crippen molar-refractivity contribution in [2.75, 3.05) is 5.32 Å². The van der Waals surface area contributed by atoms with Gasteiger partial charge in [0.25, 0.3) is 0 Å². The molecule has 0 amide bonds. The van der Waals surface area contributed by atoms with Gasteiger partial charge in [0, 0.05) is 18.9 Å². The van der Waals surface area contributed by atoms with Crippen LogP contribution < -0.4 is 5.32 Å². The Bertz CT molecular complexity index is 595. The van der Waals surface area contributed by atoms with Crippen LogP contribution in [0.1, 0.15) is 23.1 Å². The summed E-state index contributed by atoms with van der Waals surface area (Å²) >= 11 is 0. The normalized spacial score (nSPS) is 10.4. The fourth-order valence-electron chi connectivity index (χ4n) is 1.76. The molecule has 0 saturated heterocycles. The lowest BCUT2D eigenvalue weighted by atomic mass is 10.2. The molecule has 0 saturated carbocycles. The van der Waals surface area contributed by atoms with Gasteiger partial charge in [0.1, 0.15) is 11.6 Å². The maximum absolute atomic E-state index is 13.6. The minimum absolute atomic E-state index is 0.0442. The molecule has 1 heterocycles.